The third-order valence-electron chi connectivity index (χ3n) is 4.41. The van der Waals surface area contributed by atoms with E-state index in [1.165, 1.54) is 49.5 Å². The van der Waals surface area contributed by atoms with Crippen LogP contribution >= 0.6 is 11.3 Å². The van der Waals surface area contributed by atoms with E-state index < -0.39 is 5.82 Å². The molecule has 1 aliphatic carbocycles. The SMILES string of the molecule is CC(NC(=O)c1ncc(-c2cncc(F)c2)s1)C1CCCCC1. The molecule has 4 nitrogen and oxygen atoms in total. The second-order valence-electron chi connectivity index (χ2n) is 6.08. The van der Waals surface area contributed by atoms with E-state index in [9.17, 15) is 9.18 Å². The zero-order valence-electron chi connectivity index (χ0n) is 13.1. The van der Waals surface area contributed by atoms with Crippen LogP contribution in [0.3, 0.4) is 0 Å². The van der Waals surface area contributed by atoms with Crippen molar-refractivity contribution >= 4 is 17.2 Å². The molecule has 2 aromatic heterocycles. The van der Waals surface area contributed by atoms with Crippen LogP contribution in [0, 0.1) is 11.7 Å². The van der Waals surface area contributed by atoms with Gasteiger partial charge in [-0.1, -0.05) is 19.3 Å². The van der Waals surface area contributed by atoms with Crippen molar-refractivity contribution < 1.29 is 9.18 Å². The molecule has 2 aromatic rings. The molecule has 2 heterocycles. The minimum absolute atomic E-state index is 0.149. The highest BCUT2D eigenvalue weighted by Gasteiger charge is 2.23. The van der Waals surface area contributed by atoms with Crippen LogP contribution < -0.4 is 5.32 Å². The summed E-state index contributed by atoms with van der Waals surface area (Å²) >= 11 is 1.26. The molecule has 0 spiro atoms. The highest BCUT2D eigenvalue weighted by atomic mass is 32.1. The second-order valence-corrected chi connectivity index (χ2v) is 7.11. The average Bonchev–Trinajstić information content (AvgIpc) is 3.06. The van der Waals surface area contributed by atoms with Crippen LogP contribution in [0.4, 0.5) is 4.39 Å². The van der Waals surface area contributed by atoms with Crippen molar-refractivity contribution in [3.8, 4) is 10.4 Å². The molecule has 1 aliphatic rings. The smallest absolute Gasteiger partial charge is 0.280 e. The minimum atomic E-state index is -0.396. The Morgan fingerprint density at radius 3 is 2.83 bits per heavy atom. The van der Waals surface area contributed by atoms with E-state index in [1.54, 1.807) is 12.4 Å². The lowest BCUT2D eigenvalue weighted by atomic mass is 9.84. The molecule has 1 atom stereocenters. The Hall–Kier alpha value is -1.82. The van der Waals surface area contributed by atoms with Crippen LogP contribution in [-0.4, -0.2) is 21.9 Å². The van der Waals surface area contributed by atoms with Gasteiger partial charge >= 0.3 is 0 Å². The first-order chi connectivity index (χ1) is 11.1. The first kappa shape index (κ1) is 16.1. The van der Waals surface area contributed by atoms with Crippen LogP contribution in [-0.2, 0) is 0 Å². The van der Waals surface area contributed by atoms with Crippen LogP contribution in [0.15, 0.2) is 24.7 Å². The number of thiazole rings is 1. The van der Waals surface area contributed by atoms with Gasteiger partial charge in [0.05, 0.1) is 11.1 Å². The third kappa shape index (κ3) is 3.93. The molecule has 1 unspecified atom stereocenters. The maximum absolute atomic E-state index is 13.2. The zero-order valence-corrected chi connectivity index (χ0v) is 13.9. The second kappa shape index (κ2) is 7.17. The summed E-state index contributed by atoms with van der Waals surface area (Å²) in [5.74, 6) is 0.0102. The quantitative estimate of drug-likeness (QED) is 0.918. The van der Waals surface area contributed by atoms with E-state index in [0.717, 1.165) is 11.1 Å². The largest absolute Gasteiger partial charge is 0.347 e. The first-order valence-corrected chi connectivity index (χ1v) is 8.83. The molecular formula is C17H20FN3OS. The van der Waals surface area contributed by atoms with Crippen LogP contribution in [0.25, 0.3) is 10.4 Å². The monoisotopic (exact) mass is 333 g/mol. The van der Waals surface area contributed by atoms with Crippen molar-refractivity contribution in [1.29, 1.82) is 0 Å². The normalized spacial score (nSPS) is 17.0. The number of nitrogens with one attached hydrogen (secondary N) is 1. The minimum Gasteiger partial charge on any atom is -0.347 e. The van der Waals surface area contributed by atoms with Crippen LogP contribution in [0.5, 0.6) is 0 Å². The summed E-state index contributed by atoms with van der Waals surface area (Å²) in [6.45, 7) is 2.07. The van der Waals surface area contributed by atoms with Crippen molar-refractivity contribution in [2.75, 3.05) is 0 Å². The lowest BCUT2D eigenvalue weighted by Gasteiger charge is -2.27. The molecule has 0 bridgehead atoms. The standard InChI is InChI=1S/C17H20FN3OS/c1-11(12-5-3-2-4-6-12)21-16(22)17-20-10-15(23-17)13-7-14(18)9-19-8-13/h7-12H,2-6H2,1H3,(H,21,22). The molecule has 6 heteroatoms. The van der Waals surface area contributed by atoms with Gasteiger partial charge in [0, 0.05) is 24.0 Å². The molecule has 1 N–H and O–H groups in total. The zero-order chi connectivity index (χ0) is 16.2. The summed E-state index contributed by atoms with van der Waals surface area (Å²) in [6.07, 6.45) is 10.5. The first-order valence-electron chi connectivity index (χ1n) is 8.01. The molecule has 0 aliphatic heterocycles. The van der Waals surface area contributed by atoms with E-state index in [2.05, 4.69) is 22.2 Å². The van der Waals surface area contributed by atoms with Gasteiger partial charge < -0.3 is 5.32 Å². The van der Waals surface area contributed by atoms with E-state index >= 15 is 0 Å². The topological polar surface area (TPSA) is 54.9 Å². The maximum atomic E-state index is 13.2. The Morgan fingerprint density at radius 2 is 2.09 bits per heavy atom. The average molecular weight is 333 g/mol. The van der Waals surface area contributed by atoms with Crippen molar-refractivity contribution in [2.24, 2.45) is 5.92 Å². The van der Waals surface area contributed by atoms with E-state index in [1.807, 2.05) is 0 Å². The molecule has 122 valence electrons. The van der Waals surface area contributed by atoms with Crippen molar-refractivity contribution in [3.63, 3.8) is 0 Å². The van der Waals surface area contributed by atoms with Gasteiger partial charge in [0.15, 0.2) is 5.01 Å². The fraction of sp³-hybridized carbons (Fsp3) is 0.471. The molecule has 23 heavy (non-hydrogen) atoms. The number of nitrogens with zero attached hydrogens (tertiary/aromatic N) is 2. The van der Waals surface area contributed by atoms with Gasteiger partial charge in [0.25, 0.3) is 5.91 Å². The van der Waals surface area contributed by atoms with E-state index in [4.69, 9.17) is 0 Å². The maximum Gasteiger partial charge on any atom is 0.280 e. The number of carbonyl (C=O) groups is 1. The number of carbonyl (C=O) groups excluding carboxylic acids is 1. The van der Waals surface area contributed by atoms with Crippen molar-refractivity contribution in [1.82, 2.24) is 15.3 Å². The molecule has 0 aromatic carbocycles. The molecule has 0 saturated heterocycles. The summed E-state index contributed by atoms with van der Waals surface area (Å²) in [5, 5.41) is 3.47. The summed E-state index contributed by atoms with van der Waals surface area (Å²) in [6, 6.07) is 1.55. The molecular weight excluding hydrogens is 313 g/mol. The van der Waals surface area contributed by atoms with Gasteiger partial charge in [-0.3, -0.25) is 9.78 Å². The summed E-state index contributed by atoms with van der Waals surface area (Å²) in [5.41, 5.74) is 0.641. The number of hydrogen-bond acceptors (Lipinski definition) is 4. The number of amides is 1. The number of halogens is 1. The molecule has 0 radical (unpaired) electrons. The number of pyridine rings is 1. The Morgan fingerprint density at radius 1 is 1.30 bits per heavy atom. The van der Waals surface area contributed by atoms with Crippen molar-refractivity contribution in [3.05, 3.63) is 35.5 Å². The predicted molar refractivity (Wildman–Crippen MR) is 88.8 cm³/mol. The number of rotatable bonds is 4. The highest BCUT2D eigenvalue weighted by Crippen LogP contribution is 2.28. The third-order valence-corrected chi connectivity index (χ3v) is 5.45. The van der Waals surface area contributed by atoms with Gasteiger partial charge in [0.2, 0.25) is 0 Å². The Labute approximate surface area is 139 Å². The van der Waals surface area contributed by atoms with Crippen molar-refractivity contribution in [2.45, 2.75) is 45.1 Å². The van der Waals surface area contributed by atoms with Gasteiger partial charge in [0.1, 0.15) is 5.82 Å². The molecule has 1 amide bonds. The lowest BCUT2D eigenvalue weighted by molar-refractivity contribution is 0.0919. The van der Waals surface area contributed by atoms with E-state index in [-0.39, 0.29) is 11.9 Å². The summed E-state index contributed by atoms with van der Waals surface area (Å²) < 4.78 is 13.2. The van der Waals surface area contributed by atoms with Gasteiger partial charge in [-0.05, 0) is 31.7 Å². The van der Waals surface area contributed by atoms with Crippen LogP contribution in [0.1, 0.15) is 48.8 Å². The highest BCUT2D eigenvalue weighted by molar-refractivity contribution is 7.16. The predicted octanol–water partition coefficient (Wildman–Crippen LogP) is 4.04. The fourth-order valence-corrected chi connectivity index (χ4v) is 3.88. The Bertz CT molecular complexity index is 682. The summed E-state index contributed by atoms with van der Waals surface area (Å²) in [4.78, 5) is 21.1. The molecule has 1 fully saturated rings. The van der Waals surface area contributed by atoms with Gasteiger partial charge in [-0.15, -0.1) is 11.3 Å². The van der Waals surface area contributed by atoms with Crippen LogP contribution in [0.2, 0.25) is 0 Å². The van der Waals surface area contributed by atoms with Gasteiger partial charge in [-0.2, -0.15) is 0 Å². The Kier molecular flexibility index (Phi) is 5.00. The lowest BCUT2D eigenvalue weighted by Crippen LogP contribution is -2.38. The van der Waals surface area contributed by atoms with Gasteiger partial charge in [-0.25, -0.2) is 9.37 Å². The van der Waals surface area contributed by atoms with E-state index in [0.29, 0.717) is 16.5 Å². The summed E-state index contributed by atoms with van der Waals surface area (Å²) in [7, 11) is 0. The Balaban J connectivity index is 1.66. The fourth-order valence-electron chi connectivity index (χ4n) is 3.08. The number of aromatic nitrogens is 2. The molecule has 1 saturated carbocycles. The molecule has 3 rings (SSSR count). The number of hydrogen-bond donors (Lipinski definition) is 1.